The van der Waals surface area contributed by atoms with Crippen molar-refractivity contribution in [2.45, 2.75) is 51.6 Å². The van der Waals surface area contributed by atoms with Gasteiger partial charge >= 0.3 is 0 Å². The van der Waals surface area contributed by atoms with Gasteiger partial charge in [-0.25, -0.2) is 0 Å². The van der Waals surface area contributed by atoms with E-state index in [4.69, 9.17) is 5.73 Å². The van der Waals surface area contributed by atoms with Crippen molar-refractivity contribution < 1.29 is 4.79 Å². The lowest BCUT2D eigenvalue weighted by Crippen LogP contribution is -2.64. The number of rotatable bonds is 8. The molecule has 1 aliphatic rings. The molecule has 0 aromatic heterocycles. The molecule has 0 spiro atoms. The highest BCUT2D eigenvalue weighted by Gasteiger charge is 2.50. The van der Waals surface area contributed by atoms with Gasteiger partial charge < -0.3 is 10.6 Å². The number of hydrogen-bond acceptors (Lipinski definition) is 3. The number of nitrogens with zero attached hydrogens (tertiary/aromatic N) is 1. The Hall–Kier alpha value is -0.610. The predicted octanol–water partition coefficient (Wildman–Crippen LogP) is 0.960. The fourth-order valence-corrected chi connectivity index (χ4v) is 2.62. The molecule has 100 valence electrons. The summed E-state index contributed by atoms with van der Waals surface area (Å²) in [6, 6.07) is 0.276. The highest BCUT2D eigenvalue weighted by Crippen LogP contribution is 2.40. The normalized spacial score (nSPS) is 19.6. The second kappa shape index (κ2) is 5.83. The molecule has 1 saturated carbocycles. The molecule has 4 nitrogen and oxygen atoms in total. The van der Waals surface area contributed by atoms with Gasteiger partial charge in [-0.3, -0.25) is 10.1 Å². The van der Waals surface area contributed by atoms with Crippen molar-refractivity contribution in [3.05, 3.63) is 0 Å². The Kier molecular flexibility index (Phi) is 4.95. The molecule has 1 fully saturated rings. The van der Waals surface area contributed by atoms with Crippen LogP contribution >= 0.6 is 0 Å². The summed E-state index contributed by atoms with van der Waals surface area (Å²) in [7, 11) is 2.06. The molecule has 3 N–H and O–H groups in total. The highest BCUT2D eigenvalue weighted by atomic mass is 16.1. The minimum absolute atomic E-state index is 0.198. The quantitative estimate of drug-likeness (QED) is 0.665. The molecule has 0 bridgehead atoms. The summed E-state index contributed by atoms with van der Waals surface area (Å²) in [5.74, 6) is 0.221. The van der Waals surface area contributed by atoms with Crippen LogP contribution in [0.1, 0.15) is 40.0 Å². The van der Waals surface area contributed by atoms with Crippen LogP contribution in [0.2, 0.25) is 0 Å². The van der Waals surface area contributed by atoms with Gasteiger partial charge in [0.1, 0.15) is 5.54 Å². The average Bonchev–Trinajstić information content (AvgIpc) is 2.98. The summed E-state index contributed by atoms with van der Waals surface area (Å²) >= 11 is 0. The van der Waals surface area contributed by atoms with Crippen LogP contribution in [0.4, 0.5) is 0 Å². The van der Waals surface area contributed by atoms with Crippen LogP contribution in [0.3, 0.4) is 0 Å². The van der Waals surface area contributed by atoms with Crippen molar-refractivity contribution in [2.75, 3.05) is 20.1 Å². The van der Waals surface area contributed by atoms with E-state index in [9.17, 15) is 4.79 Å². The molecule has 17 heavy (non-hydrogen) atoms. The Labute approximate surface area is 105 Å². The van der Waals surface area contributed by atoms with Crippen molar-refractivity contribution in [3.8, 4) is 0 Å². The fourth-order valence-electron chi connectivity index (χ4n) is 2.62. The van der Waals surface area contributed by atoms with Crippen LogP contribution < -0.4 is 11.1 Å². The van der Waals surface area contributed by atoms with E-state index >= 15 is 0 Å². The lowest BCUT2D eigenvalue weighted by Gasteiger charge is -2.37. The van der Waals surface area contributed by atoms with Gasteiger partial charge in [0.25, 0.3) is 0 Å². The Bertz CT molecular complexity index is 263. The number of nitrogens with one attached hydrogen (secondary N) is 1. The van der Waals surface area contributed by atoms with E-state index in [-0.39, 0.29) is 11.9 Å². The Balaban J connectivity index is 2.78. The summed E-state index contributed by atoms with van der Waals surface area (Å²) < 4.78 is 0. The summed E-state index contributed by atoms with van der Waals surface area (Å²) in [4.78, 5) is 14.1. The van der Waals surface area contributed by atoms with Crippen LogP contribution in [0.5, 0.6) is 0 Å². The van der Waals surface area contributed by atoms with E-state index in [1.807, 2.05) is 0 Å². The van der Waals surface area contributed by atoms with Crippen LogP contribution in [-0.4, -0.2) is 42.5 Å². The van der Waals surface area contributed by atoms with Gasteiger partial charge in [-0.2, -0.15) is 0 Å². The number of hydrogen-bond donors (Lipinski definition) is 2. The van der Waals surface area contributed by atoms with Crippen molar-refractivity contribution >= 4 is 5.91 Å². The number of carbonyl (C=O) groups excluding carboxylic acids is 1. The molecule has 0 aromatic rings. The predicted molar refractivity (Wildman–Crippen MR) is 70.7 cm³/mol. The zero-order chi connectivity index (χ0) is 13.1. The topological polar surface area (TPSA) is 58.4 Å². The Morgan fingerprint density at radius 2 is 2.12 bits per heavy atom. The van der Waals surface area contributed by atoms with Crippen molar-refractivity contribution in [3.63, 3.8) is 0 Å². The standard InChI is InChI=1S/C13H27N3O/c1-5-8-16(4)9-13(12(14)17,11-6-7-11)15-10(2)3/h10-11,15H,5-9H2,1-4H3,(H2,14,17). The molecule has 0 aliphatic heterocycles. The van der Waals surface area contributed by atoms with E-state index in [0.717, 1.165) is 32.4 Å². The molecular formula is C13H27N3O. The minimum atomic E-state index is -0.530. The lowest BCUT2D eigenvalue weighted by atomic mass is 9.90. The molecule has 0 saturated heterocycles. The third kappa shape index (κ3) is 3.68. The number of amides is 1. The fraction of sp³-hybridized carbons (Fsp3) is 0.923. The monoisotopic (exact) mass is 241 g/mol. The zero-order valence-corrected chi connectivity index (χ0v) is 11.6. The van der Waals surface area contributed by atoms with E-state index in [2.05, 4.69) is 38.0 Å². The minimum Gasteiger partial charge on any atom is -0.368 e. The van der Waals surface area contributed by atoms with Gasteiger partial charge in [-0.15, -0.1) is 0 Å². The molecule has 0 aromatic carbocycles. The van der Waals surface area contributed by atoms with Gasteiger partial charge in [0.05, 0.1) is 0 Å². The maximum atomic E-state index is 11.9. The summed E-state index contributed by atoms with van der Waals surface area (Å²) in [5, 5.41) is 3.43. The van der Waals surface area contributed by atoms with Gasteiger partial charge in [-0.1, -0.05) is 6.92 Å². The van der Waals surface area contributed by atoms with Crippen molar-refractivity contribution in [2.24, 2.45) is 11.7 Å². The maximum Gasteiger partial charge on any atom is 0.239 e. The summed E-state index contributed by atoms with van der Waals surface area (Å²) in [5.41, 5.74) is 5.15. The van der Waals surface area contributed by atoms with E-state index in [1.165, 1.54) is 0 Å². The van der Waals surface area contributed by atoms with Crippen LogP contribution in [0.25, 0.3) is 0 Å². The van der Waals surface area contributed by atoms with Gasteiger partial charge in [0.2, 0.25) is 5.91 Å². The molecule has 1 amide bonds. The molecule has 0 radical (unpaired) electrons. The second-order valence-corrected chi connectivity index (χ2v) is 5.65. The zero-order valence-electron chi connectivity index (χ0n) is 11.6. The third-order valence-corrected chi connectivity index (χ3v) is 3.38. The summed E-state index contributed by atoms with van der Waals surface area (Å²) in [6.45, 7) is 8.01. The SMILES string of the molecule is CCCN(C)CC(NC(C)C)(C(N)=O)C1CC1. The van der Waals surface area contributed by atoms with E-state index < -0.39 is 5.54 Å². The first-order chi connectivity index (χ1) is 7.92. The first-order valence-corrected chi connectivity index (χ1v) is 6.68. The summed E-state index contributed by atoms with van der Waals surface area (Å²) in [6.07, 6.45) is 3.32. The Morgan fingerprint density at radius 3 is 2.47 bits per heavy atom. The molecule has 1 rings (SSSR count). The van der Waals surface area contributed by atoms with Gasteiger partial charge in [-0.05, 0) is 52.6 Å². The van der Waals surface area contributed by atoms with Crippen LogP contribution in [-0.2, 0) is 4.79 Å². The number of carbonyl (C=O) groups is 1. The molecule has 4 heteroatoms. The van der Waals surface area contributed by atoms with E-state index in [0.29, 0.717) is 5.92 Å². The lowest BCUT2D eigenvalue weighted by molar-refractivity contribution is -0.126. The highest BCUT2D eigenvalue weighted by molar-refractivity contribution is 5.86. The molecular weight excluding hydrogens is 214 g/mol. The first kappa shape index (κ1) is 14.5. The van der Waals surface area contributed by atoms with E-state index in [1.54, 1.807) is 0 Å². The number of primary amides is 1. The van der Waals surface area contributed by atoms with Crippen LogP contribution in [0.15, 0.2) is 0 Å². The first-order valence-electron chi connectivity index (χ1n) is 6.68. The van der Waals surface area contributed by atoms with Gasteiger partial charge in [0.15, 0.2) is 0 Å². The second-order valence-electron chi connectivity index (χ2n) is 5.65. The average molecular weight is 241 g/mol. The molecule has 1 atom stereocenters. The Morgan fingerprint density at radius 1 is 1.53 bits per heavy atom. The number of nitrogens with two attached hydrogens (primary N) is 1. The van der Waals surface area contributed by atoms with Gasteiger partial charge in [0, 0.05) is 12.6 Å². The van der Waals surface area contributed by atoms with Crippen molar-refractivity contribution in [1.82, 2.24) is 10.2 Å². The molecule has 1 unspecified atom stereocenters. The molecule has 0 heterocycles. The maximum absolute atomic E-state index is 11.9. The largest absolute Gasteiger partial charge is 0.368 e. The number of likely N-dealkylation sites (N-methyl/N-ethyl adjacent to an activating group) is 1. The third-order valence-electron chi connectivity index (χ3n) is 3.38. The van der Waals surface area contributed by atoms with Crippen molar-refractivity contribution in [1.29, 1.82) is 0 Å². The molecule has 1 aliphatic carbocycles. The smallest absolute Gasteiger partial charge is 0.239 e. The van der Waals surface area contributed by atoms with Crippen LogP contribution in [0, 0.1) is 5.92 Å².